The van der Waals surface area contributed by atoms with Gasteiger partial charge in [-0.1, -0.05) is 13.8 Å². The summed E-state index contributed by atoms with van der Waals surface area (Å²) in [5.41, 5.74) is 4.62. The number of rotatable bonds is 3. The van der Waals surface area contributed by atoms with Gasteiger partial charge in [-0.25, -0.2) is 4.98 Å². The molecule has 18 heavy (non-hydrogen) atoms. The van der Waals surface area contributed by atoms with Crippen LogP contribution < -0.4 is 4.74 Å². The van der Waals surface area contributed by atoms with E-state index in [1.165, 1.54) is 16.7 Å². The molecule has 0 saturated carbocycles. The molecular formula is C14H16BrNOS. The van der Waals surface area contributed by atoms with Crippen LogP contribution >= 0.6 is 27.3 Å². The number of nitrogens with zero attached hydrogens (tertiary/aromatic N) is 1. The van der Waals surface area contributed by atoms with E-state index in [1.54, 1.807) is 18.4 Å². The van der Waals surface area contributed by atoms with Crippen LogP contribution in [0.15, 0.2) is 21.4 Å². The maximum Gasteiger partial charge on any atom is 0.159 e. The minimum absolute atomic E-state index is 0.432. The van der Waals surface area contributed by atoms with Gasteiger partial charge in [0.25, 0.3) is 0 Å². The Labute approximate surface area is 120 Å². The molecule has 96 valence electrons. The first-order valence-corrected chi connectivity index (χ1v) is 7.50. The van der Waals surface area contributed by atoms with E-state index in [9.17, 15) is 0 Å². The van der Waals surface area contributed by atoms with Gasteiger partial charge in [0.2, 0.25) is 0 Å². The molecule has 0 spiro atoms. The van der Waals surface area contributed by atoms with Crippen molar-refractivity contribution in [1.82, 2.24) is 4.98 Å². The molecule has 0 N–H and O–H groups in total. The first-order chi connectivity index (χ1) is 8.52. The lowest BCUT2D eigenvalue weighted by atomic mass is 9.95. The number of hydrogen-bond acceptors (Lipinski definition) is 3. The molecule has 4 heteroatoms. The number of benzene rings is 1. The molecule has 1 aromatic heterocycles. The van der Waals surface area contributed by atoms with Gasteiger partial charge in [0.15, 0.2) is 3.92 Å². The maximum absolute atomic E-state index is 5.46. The van der Waals surface area contributed by atoms with Crippen molar-refractivity contribution in [2.45, 2.75) is 26.7 Å². The van der Waals surface area contributed by atoms with Crippen LogP contribution in [0.4, 0.5) is 0 Å². The van der Waals surface area contributed by atoms with Crippen LogP contribution in [0.5, 0.6) is 5.75 Å². The maximum atomic E-state index is 5.46. The minimum atomic E-state index is 0.432. The zero-order chi connectivity index (χ0) is 13.3. The Hall–Kier alpha value is -0.870. The van der Waals surface area contributed by atoms with Gasteiger partial charge in [0.1, 0.15) is 5.75 Å². The molecule has 0 aliphatic rings. The van der Waals surface area contributed by atoms with Crippen LogP contribution in [0.3, 0.4) is 0 Å². The van der Waals surface area contributed by atoms with Crippen molar-refractivity contribution in [3.05, 3.63) is 32.6 Å². The molecule has 0 aliphatic heterocycles. The topological polar surface area (TPSA) is 22.1 Å². The second-order valence-electron chi connectivity index (χ2n) is 4.55. The van der Waals surface area contributed by atoms with Gasteiger partial charge in [-0.3, -0.25) is 0 Å². The van der Waals surface area contributed by atoms with Crippen molar-refractivity contribution < 1.29 is 4.74 Å². The van der Waals surface area contributed by atoms with E-state index in [0.29, 0.717) is 5.92 Å². The number of ether oxygens (including phenoxy) is 1. The van der Waals surface area contributed by atoms with Crippen LogP contribution in [-0.4, -0.2) is 12.1 Å². The summed E-state index contributed by atoms with van der Waals surface area (Å²) in [4.78, 5) is 4.49. The quantitative estimate of drug-likeness (QED) is 0.791. The number of aryl methyl sites for hydroxylation is 1. The summed E-state index contributed by atoms with van der Waals surface area (Å²) in [6.07, 6.45) is 0. The number of aromatic nitrogens is 1. The molecule has 0 bridgehead atoms. The van der Waals surface area contributed by atoms with Gasteiger partial charge in [0, 0.05) is 10.9 Å². The summed E-state index contributed by atoms with van der Waals surface area (Å²) in [5, 5.41) is 2.07. The fourth-order valence-corrected chi connectivity index (χ4v) is 2.99. The first-order valence-electron chi connectivity index (χ1n) is 5.83. The fraction of sp³-hybridized carbons (Fsp3) is 0.357. The van der Waals surface area contributed by atoms with Crippen molar-refractivity contribution in [3.8, 4) is 17.0 Å². The number of methoxy groups -OCH3 is 1. The van der Waals surface area contributed by atoms with Crippen LogP contribution in [0.1, 0.15) is 30.9 Å². The molecule has 1 heterocycles. The Kier molecular flexibility index (Phi) is 4.07. The van der Waals surface area contributed by atoms with Gasteiger partial charge in [-0.2, -0.15) is 0 Å². The molecule has 0 unspecified atom stereocenters. The third-order valence-electron chi connectivity index (χ3n) is 2.95. The van der Waals surface area contributed by atoms with Crippen molar-refractivity contribution in [2.75, 3.05) is 7.11 Å². The third kappa shape index (κ3) is 2.59. The molecule has 0 saturated heterocycles. The van der Waals surface area contributed by atoms with E-state index in [0.717, 1.165) is 15.4 Å². The summed E-state index contributed by atoms with van der Waals surface area (Å²) in [6.45, 7) is 6.44. The summed E-state index contributed by atoms with van der Waals surface area (Å²) in [5.74, 6) is 1.39. The molecule has 0 aliphatic carbocycles. The number of hydrogen-bond donors (Lipinski definition) is 0. The highest BCUT2D eigenvalue weighted by molar-refractivity contribution is 9.11. The van der Waals surface area contributed by atoms with Crippen LogP contribution in [0, 0.1) is 6.92 Å². The Bertz CT molecular complexity index is 563. The zero-order valence-corrected chi connectivity index (χ0v) is 13.4. The average molecular weight is 326 g/mol. The molecule has 2 nitrogen and oxygen atoms in total. The van der Waals surface area contributed by atoms with Gasteiger partial charge in [0.05, 0.1) is 12.8 Å². The number of thiazole rings is 1. The Morgan fingerprint density at radius 2 is 2.06 bits per heavy atom. The minimum Gasteiger partial charge on any atom is -0.496 e. The smallest absolute Gasteiger partial charge is 0.159 e. The van der Waals surface area contributed by atoms with Crippen molar-refractivity contribution >= 4 is 27.3 Å². The largest absolute Gasteiger partial charge is 0.496 e. The molecule has 0 amide bonds. The highest BCUT2D eigenvalue weighted by Crippen LogP contribution is 2.35. The van der Waals surface area contributed by atoms with E-state index in [-0.39, 0.29) is 0 Å². The van der Waals surface area contributed by atoms with Gasteiger partial charge < -0.3 is 4.74 Å². The first kappa shape index (κ1) is 13.6. The molecular weight excluding hydrogens is 310 g/mol. The van der Waals surface area contributed by atoms with Crippen molar-refractivity contribution in [3.63, 3.8) is 0 Å². The lowest BCUT2D eigenvalue weighted by Crippen LogP contribution is -1.97. The summed E-state index contributed by atoms with van der Waals surface area (Å²) in [6, 6.07) is 4.29. The molecule has 2 rings (SSSR count). The standard InChI is InChI=1S/C14H16BrNOS/c1-8(2)10-6-11(9(3)5-13(10)17-4)12-7-18-14(15)16-12/h5-8H,1-4H3. The zero-order valence-electron chi connectivity index (χ0n) is 11.0. The van der Waals surface area contributed by atoms with Gasteiger partial charge in [-0.05, 0) is 52.0 Å². The van der Waals surface area contributed by atoms with Gasteiger partial charge in [-0.15, -0.1) is 11.3 Å². The molecule has 1 aromatic carbocycles. The van der Waals surface area contributed by atoms with E-state index in [4.69, 9.17) is 4.74 Å². The summed E-state index contributed by atoms with van der Waals surface area (Å²) >= 11 is 5.02. The molecule has 0 fully saturated rings. The Morgan fingerprint density at radius 1 is 1.33 bits per heavy atom. The SMILES string of the molecule is COc1cc(C)c(-c2csc(Br)n2)cc1C(C)C. The second kappa shape index (κ2) is 5.41. The fourth-order valence-electron chi connectivity index (χ4n) is 1.98. The Balaban J connectivity index is 2.58. The third-order valence-corrected chi connectivity index (χ3v) is 4.32. The van der Waals surface area contributed by atoms with Crippen LogP contribution in [-0.2, 0) is 0 Å². The average Bonchev–Trinajstić information content (AvgIpc) is 2.74. The number of halogens is 1. The predicted octanol–water partition coefficient (Wildman–Crippen LogP) is 5.01. The highest BCUT2D eigenvalue weighted by Gasteiger charge is 2.13. The summed E-state index contributed by atoms with van der Waals surface area (Å²) in [7, 11) is 1.72. The molecule has 2 aromatic rings. The molecule has 0 atom stereocenters. The Morgan fingerprint density at radius 3 is 2.56 bits per heavy atom. The van der Waals surface area contributed by atoms with Crippen molar-refractivity contribution in [1.29, 1.82) is 0 Å². The summed E-state index contributed by atoms with van der Waals surface area (Å²) < 4.78 is 6.37. The van der Waals surface area contributed by atoms with Crippen LogP contribution in [0.25, 0.3) is 11.3 Å². The normalized spacial score (nSPS) is 11.0. The van der Waals surface area contributed by atoms with E-state index < -0.39 is 0 Å². The predicted molar refractivity (Wildman–Crippen MR) is 80.6 cm³/mol. The lowest BCUT2D eigenvalue weighted by Gasteiger charge is -2.15. The van der Waals surface area contributed by atoms with Gasteiger partial charge >= 0.3 is 0 Å². The van der Waals surface area contributed by atoms with E-state index >= 15 is 0 Å². The van der Waals surface area contributed by atoms with Crippen molar-refractivity contribution in [2.24, 2.45) is 0 Å². The lowest BCUT2D eigenvalue weighted by molar-refractivity contribution is 0.407. The second-order valence-corrected chi connectivity index (χ2v) is 6.68. The van der Waals surface area contributed by atoms with Crippen LogP contribution in [0.2, 0.25) is 0 Å². The monoisotopic (exact) mass is 325 g/mol. The van der Waals surface area contributed by atoms with E-state index in [1.807, 2.05) is 0 Å². The highest BCUT2D eigenvalue weighted by atomic mass is 79.9. The van der Waals surface area contributed by atoms with E-state index in [2.05, 4.69) is 59.2 Å². The molecule has 0 radical (unpaired) electrons.